The molecule has 0 aliphatic carbocycles. The summed E-state index contributed by atoms with van der Waals surface area (Å²) in [5.74, 6) is 0.866. The van der Waals surface area contributed by atoms with Crippen LogP contribution in [-0.2, 0) is 4.79 Å². The van der Waals surface area contributed by atoms with E-state index in [1.165, 1.54) is 38.5 Å². The Balaban J connectivity index is 2.17. The van der Waals surface area contributed by atoms with Gasteiger partial charge in [0, 0.05) is 23.4 Å². The molecule has 8 nitrogen and oxygen atoms in total. The van der Waals surface area contributed by atoms with Gasteiger partial charge in [0.1, 0.15) is 11.5 Å². The Morgan fingerprint density at radius 2 is 1.73 bits per heavy atom. The fourth-order valence-corrected chi connectivity index (χ4v) is 2.23. The van der Waals surface area contributed by atoms with Crippen molar-refractivity contribution in [3.05, 3.63) is 58.2 Å². The Morgan fingerprint density at radius 3 is 2.35 bits per heavy atom. The molecule has 0 saturated carbocycles. The molecular weight excluding hydrogens is 340 g/mol. The predicted molar refractivity (Wildman–Crippen MR) is 96.9 cm³/mol. The number of nitrogens with one attached hydrogen (secondary N) is 1. The van der Waals surface area contributed by atoms with E-state index in [4.69, 9.17) is 14.2 Å². The predicted octanol–water partition coefficient (Wildman–Crippen LogP) is 3.27. The first kappa shape index (κ1) is 18.8. The summed E-state index contributed by atoms with van der Waals surface area (Å²) >= 11 is 0. The van der Waals surface area contributed by atoms with Crippen LogP contribution in [0.5, 0.6) is 17.2 Å². The van der Waals surface area contributed by atoms with E-state index in [1.54, 1.807) is 31.4 Å². The quantitative estimate of drug-likeness (QED) is 0.463. The maximum atomic E-state index is 12.1. The molecule has 0 unspecified atom stereocenters. The molecule has 2 rings (SSSR count). The van der Waals surface area contributed by atoms with Crippen LogP contribution >= 0.6 is 0 Å². The molecule has 0 bridgehead atoms. The summed E-state index contributed by atoms with van der Waals surface area (Å²) in [4.78, 5) is 22.6. The van der Waals surface area contributed by atoms with Crippen LogP contribution in [0.1, 0.15) is 5.56 Å². The summed E-state index contributed by atoms with van der Waals surface area (Å²) in [6.07, 6.45) is 2.86. The number of methoxy groups -OCH3 is 3. The van der Waals surface area contributed by atoms with Crippen LogP contribution in [0.25, 0.3) is 6.08 Å². The number of nitrogens with zero attached hydrogens (tertiary/aromatic N) is 1. The molecule has 1 amide bonds. The van der Waals surface area contributed by atoms with E-state index in [-0.39, 0.29) is 17.1 Å². The lowest BCUT2D eigenvalue weighted by Crippen LogP contribution is -2.08. The number of amides is 1. The minimum atomic E-state index is -0.578. The average molecular weight is 358 g/mol. The topological polar surface area (TPSA) is 99.9 Å². The summed E-state index contributed by atoms with van der Waals surface area (Å²) in [5, 5.41) is 13.6. The number of nitro groups is 1. The third-order valence-corrected chi connectivity index (χ3v) is 3.49. The highest BCUT2D eigenvalue weighted by Crippen LogP contribution is 2.30. The van der Waals surface area contributed by atoms with Crippen LogP contribution in [0.4, 0.5) is 11.4 Å². The number of hydrogen-bond acceptors (Lipinski definition) is 6. The van der Waals surface area contributed by atoms with Gasteiger partial charge in [0.05, 0.1) is 26.3 Å². The molecule has 0 radical (unpaired) electrons. The normalized spacial score (nSPS) is 10.4. The zero-order valence-corrected chi connectivity index (χ0v) is 14.5. The molecule has 2 aromatic rings. The molecule has 0 heterocycles. The third kappa shape index (κ3) is 4.50. The van der Waals surface area contributed by atoms with Gasteiger partial charge < -0.3 is 19.5 Å². The number of ether oxygens (including phenoxy) is 3. The monoisotopic (exact) mass is 358 g/mol. The van der Waals surface area contributed by atoms with Gasteiger partial charge in [0.2, 0.25) is 5.91 Å². The van der Waals surface area contributed by atoms with Crippen molar-refractivity contribution >= 4 is 23.4 Å². The zero-order chi connectivity index (χ0) is 19.1. The Kier molecular flexibility index (Phi) is 6.15. The average Bonchev–Trinajstić information content (AvgIpc) is 2.65. The van der Waals surface area contributed by atoms with Gasteiger partial charge in [-0.15, -0.1) is 0 Å². The number of carbonyl (C=O) groups is 1. The molecule has 0 fully saturated rings. The summed E-state index contributed by atoms with van der Waals surface area (Å²) in [5.41, 5.74) is 0.705. The van der Waals surface area contributed by atoms with Crippen LogP contribution in [0, 0.1) is 10.1 Å². The van der Waals surface area contributed by atoms with Crippen molar-refractivity contribution in [2.24, 2.45) is 0 Å². The van der Waals surface area contributed by atoms with E-state index < -0.39 is 10.8 Å². The lowest BCUT2D eigenvalue weighted by molar-refractivity contribution is -0.385. The van der Waals surface area contributed by atoms with Crippen molar-refractivity contribution in [3.8, 4) is 17.2 Å². The Morgan fingerprint density at radius 1 is 1.04 bits per heavy atom. The largest absolute Gasteiger partial charge is 0.497 e. The van der Waals surface area contributed by atoms with Crippen LogP contribution in [0.2, 0.25) is 0 Å². The van der Waals surface area contributed by atoms with Crippen LogP contribution in [0.3, 0.4) is 0 Å². The van der Waals surface area contributed by atoms with Crippen LogP contribution < -0.4 is 19.5 Å². The Labute approximate surface area is 150 Å². The van der Waals surface area contributed by atoms with Gasteiger partial charge in [-0.05, 0) is 36.4 Å². The summed E-state index contributed by atoms with van der Waals surface area (Å²) in [7, 11) is 4.40. The molecule has 0 aliphatic rings. The van der Waals surface area contributed by atoms with Gasteiger partial charge in [0.25, 0.3) is 0 Å². The lowest BCUT2D eigenvalue weighted by Gasteiger charge is -2.07. The van der Waals surface area contributed by atoms with Crippen molar-refractivity contribution in [3.63, 3.8) is 0 Å². The number of hydrogen-bond donors (Lipinski definition) is 1. The van der Waals surface area contributed by atoms with Crippen molar-refractivity contribution in [2.75, 3.05) is 26.6 Å². The second-order valence-corrected chi connectivity index (χ2v) is 5.07. The maximum Gasteiger partial charge on any atom is 0.312 e. The molecule has 26 heavy (non-hydrogen) atoms. The lowest BCUT2D eigenvalue weighted by atomic mass is 10.1. The van der Waals surface area contributed by atoms with E-state index in [0.717, 1.165) is 0 Å². The first-order valence-electron chi connectivity index (χ1n) is 7.52. The number of anilines is 1. The van der Waals surface area contributed by atoms with Crippen LogP contribution in [-0.4, -0.2) is 32.2 Å². The second-order valence-electron chi connectivity index (χ2n) is 5.07. The number of rotatable bonds is 7. The summed E-state index contributed by atoms with van der Waals surface area (Å²) in [6, 6.07) is 9.36. The van der Waals surface area contributed by atoms with Crippen LogP contribution in [0.15, 0.2) is 42.5 Å². The van der Waals surface area contributed by atoms with Crippen molar-refractivity contribution in [1.29, 1.82) is 0 Å². The van der Waals surface area contributed by atoms with E-state index in [2.05, 4.69) is 5.32 Å². The van der Waals surface area contributed by atoms with Gasteiger partial charge in [-0.1, -0.05) is 0 Å². The Bertz CT molecular complexity index is 848. The molecule has 0 atom stereocenters. The second kappa shape index (κ2) is 8.52. The van der Waals surface area contributed by atoms with E-state index in [0.29, 0.717) is 17.1 Å². The summed E-state index contributed by atoms with van der Waals surface area (Å²) < 4.78 is 15.3. The van der Waals surface area contributed by atoms with E-state index >= 15 is 0 Å². The number of benzene rings is 2. The van der Waals surface area contributed by atoms with Crippen molar-refractivity contribution in [2.45, 2.75) is 0 Å². The van der Waals surface area contributed by atoms with Gasteiger partial charge in [-0.25, -0.2) is 0 Å². The van der Waals surface area contributed by atoms with E-state index in [9.17, 15) is 14.9 Å². The van der Waals surface area contributed by atoms with E-state index in [1.807, 2.05) is 0 Å². The smallest absolute Gasteiger partial charge is 0.312 e. The standard InChI is InChI=1S/C18H18N2O6/c1-24-14-6-8-16(25-2)12(10-14)4-9-18(21)19-13-5-7-17(26-3)15(11-13)20(22)23/h4-11H,1-3H3,(H,19,21)/b9-4+. The maximum absolute atomic E-state index is 12.1. The van der Waals surface area contributed by atoms with Gasteiger partial charge >= 0.3 is 5.69 Å². The molecule has 0 spiro atoms. The first-order valence-corrected chi connectivity index (χ1v) is 7.52. The van der Waals surface area contributed by atoms with Gasteiger partial charge in [-0.3, -0.25) is 14.9 Å². The molecule has 1 N–H and O–H groups in total. The molecule has 0 saturated heterocycles. The third-order valence-electron chi connectivity index (χ3n) is 3.49. The molecule has 0 aromatic heterocycles. The molecular formula is C18H18N2O6. The molecule has 8 heteroatoms. The highest BCUT2D eigenvalue weighted by Gasteiger charge is 2.15. The number of nitro benzene ring substituents is 1. The fraction of sp³-hybridized carbons (Fsp3) is 0.167. The summed E-state index contributed by atoms with van der Waals surface area (Å²) in [6.45, 7) is 0. The Hall–Kier alpha value is -3.55. The van der Waals surface area contributed by atoms with Gasteiger partial charge in [0.15, 0.2) is 5.75 Å². The minimum absolute atomic E-state index is 0.115. The highest BCUT2D eigenvalue weighted by molar-refractivity contribution is 6.02. The SMILES string of the molecule is COc1ccc(OC)c(/C=C/C(=O)Nc2ccc(OC)c([N+](=O)[O-])c2)c1. The molecule has 2 aromatic carbocycles. The minimum Gasteiger partial charge on any atom is -0.497 e. The van der Waals surface area contributed by atoms with Gasteiger partial charge in [-0.2, -0.15) is 0 Å². The zero-order valence-electron chi connectivity index (χ0n) is 14.5. The molecule has 136 valence electrons. The molecule has 0 aliphatic heterocycles. The first-order chi connectivity index (χ1) is 12.5. The highest BCUT2D eigenvalue weighted by atomic mass is 16.6. The van der Waals surface area contributed by atoms with Crippen molar-refractivity contribution < 1.29 is 23.9 Å². The fourth-order valence-electron chi connectivity index (χ4n) is 2.23. The van der Waals surface area contributed by atoms with Crippen molar-refractivity contribution in [1.82, 2.24) is 0 Å². The number of carbonyl (C=O) groups excluding carboxylic acids is 1.